The van der Waals surface area contributed by atoms with Crippen molar-refractivity contribution in [1.82, 2.24) is 10.2 Å². The van der Waals surface area contributed by atoms with Gasteiger partial charge in [-0.15, -0.1) is 0 Å². The van der Waals surface area contributed by atoms with Crippen molar-refractivity contribution < 1.29 is 28.6 Å². The van der Waals surface area contributed by atoms with Crippen molar-refractivity contribution in [3.05, 3.63) is 93.0 Å². The van der Waals surface area contributed by atoms with Crippen molar-refractivity contribution in [2.75, 3.05) is 20.1 Å². The van der Waals surface area contributed by atoms with Gasteiger partial charge in [-0.25, -0.2) is 0 Å². The Kier molecular flexibility index (Phi) is 9.57. The lowest BCUT2D eigenvalue weighted by Gasteiger charge is -2.64. The van der Waals surface area contributed by atoms with Gasteiger partial charge in [-0.3, -0.25) is 19.3 Å². The first kappa shape index (κ1) is 33.3. The SMILES string of the molecule is CC(=O)Oc1ccc2c3c1O[C@H]1CCC[C@@]4(OC(C)=O)[C@@H](C2)N(CCc2ccccc2)CC[C@]314.CNC(=O)Cc1ccc(Cl)c(Cl)c1. The molecule has 0 aromatic heterocycles. The van der Waals surface area contributed by atoms with Crippen LogP contribution in [-0.4, -0.2) is 60.6 Å². The van der Waals surface area contributed by atoms with E-state index >= 15 is 0 Å². The summed E-state index contributed by atoms with van der Waals surface area (Å²) in [6, 6.07) is 19.8. The number of hydrogen-bond acceptors (Lipinski definition) is 7. The maximum Gasteiger partial charge on any atom is 0.308 e. The normalized spacial score (nSPS) is 25.0. The summed E-state index contributed by atoms with van der Waals surface area (Å²) in [5.41, 5.74) is 3.49. The number of amides is 1. The van der Waals surface area contributed by atoms with Gasteiger partial charge in [0.25, 0.3) is 0 Å². The van der Waals surface area contributed by atoms with E-state index in [1.54, 1.807) is 25.2 Å². The van der Waals surface area contributed by atoms with Gasteiger partial charge in [0.2, 0.25) is 5.91 Å². The highest BCUT2D eigenvalue weighted by atomic mass is 35.5. The van der Waals surface area contributed by atoms with E-state index in [0.29, 0.717) is 28.0 Å². The first-order valence-electron chi connectivity index (χ1n) is 16.2. The van der Waals surface area contributed by atoms with Gasteiger partial charge in [-0.2, -0.15) is 0 Å². The Morgan fingerprint density at radius 3 is 2.47 bits per heavy atom. The zero-order chi connectivity index (χ0) is 33.3. The first-order chi connectivity index (χ1) is 22.6. The molecule has 7 rings (SSSR count). The Morgan fingerprint density at radius 1 is 0.979 bits per heavy atom. The summed E-state index contributed by atoms with van der Waals surface area (Å²) in [5.74, 6) is 0.535. The van der Waals surface area contributed by atoms with Crippen LogP contribution >= 0.6 is 23.2 Å². The maximum atomic E-state index is 12.6. The molecule has 1 amide bonds. The molecule has 2 bridgehead atoms. The summed E-state index contributed by atoms with van der Waals surface area (Å²) >= 11 is 11.5. The average Bonchev–Trinajstić information content (AvgIpc) is 3.38. The molecule has 3 aromatic carbocycles. The van der Waals surface area contributed by atoms with Gasteiger partial charge in [0.05, 0.1) is 27.9 Å². The quantitative estimate of drug-likeness (QED) is 0.233. The molecule has 4 aliphatic rings. The van der Waals surface area contributed by atoms with E-state index in [2.05, 4.69) is 40.5 Å². The summed E-state index contributed by atoms with van der Waals surface area (Å²) in [6.07, 6.45) is 5.54. The second-order valence-electron chi connectivity index (χ2n) is 12.8. The number of halogens is 2. The van der Waals surface area contributed by atoms with Crippen LogP contribution in [0.2, 0.25) is 10.0 Å². The summed E-state index contributed by atoms with van der Waals surface area (Å²) in [7, 11) is 1.60. The molecule has 3 aromatic rings. The predicted molar refractivity (Wildman–Crippen MR) is 180 cm³/mol. The zero-order valence-electron chi connectivity index (χ0n) is 26.9. The molecule has 47 heavy (non-hydrogen) atoms. The Balaban J connectivity index is 0.000000251. The topological polar surface area (TPSA) is 94.2 Å². The van der Waals surface area contributed by atoms with Crippen molar-refractivity contribution in [2.45, 2.75) is 82.0 Å². The van der Waals surface area contributed by atoms with Crippen LogP contribution in [0.3, 0.4) is 0 Å². The number of nitrogens with zero attached hydrogens (tertiary/aromatic N) is 1. The van der Waals surface area contributed by atoms with E-state index in [1.807, 2.05) is 12.1 Å². The van der Waals surface area contributed by atoms with Crippen molar-refractivity contribution in [1.29, 1.82) is 0 Å². The highest BCUT2D eigenvalue weighted by Crippen LogP contribution is 2.66. The molecule has 1 saturated carbocycles. The van der Waals surface area contributed by atoms with Crippen LogP contribution in [0.1, 0.15) is 61.8 Å². The molecule has 1 N–H and O–H groups in total. The minimum atomic E-state index is -0.635. The average molecular weight is 680 g/mol. The zero-order valence-corrected chi connectivity index (χ0v) is 28.5. The van der Waals surface area contributed by atoms with E-state index in [9.17, 15) is 14.4 Å². The molecular weight excluding hydrogens is 639 g/mol. The van der Waals surface area contributed by atoms with Gasteiger partial charge < -0.3 is 19.5 Å². The van der Waals surface area contributed by atoms with Gasteiger partial charge in [-0.1, -0.05) is 65.7 Å². The molecule has 2 aliphatic heterocycles. The van der Waals surface area contributed by atoms with Gasteiger partial charge in [-0.05, 0) is 80.0 Å². The molecule has 2 heterocycles. The van der Waals surface area contributed by atoms with Crippen LogP contribution in [0.25, 0.3) is 0 Å². The number of likely N-dealkylation sites (tertiary alicyclic amines) is 1. The summed E-state index contributed by atoms with van der Waals surface area (Å²) < 4.78 is 18.6. The molecule has 1 spiro atoms. The number of carbonyl (C=O) groups excluding carboxylic acids is 3. The highest BCUT2D eigenvalue weighted by molar-refractivity contribution is 6.42. The first-order valence-corrected chi connectivity index (χ1v) is 17.0. The molecule has 4 atom stereocenters. The largest absolute Gasteiger partial charge is 0.485 e. The third kappa shape index (κ3) is 6.12. The van der Waals surface area contributed by atoms with Crippen molar-refractivity contribution in [3.63, 3.8) is 0 Å². The molecule has 0 unspecified atom stereocenters. The van der Waals surface area contributed by atoms with Crippen LogP contribution in [0.15, 0.2) is 60.7 Å². The minimum absolute atomic E-state index is 0.0432. The summed E-state index contributed by atoms with van der Waals surface area (Å²) in [6.45, 7) is 4.79. The number of carbonyl (C=O) groups is 3. The maximum absolute atomic E-state index is 12.6. The van der Waals surface area contributed by atoms with Gasteiger partial charge in [0, 0.05) is 33.0 Å². The Morgan fingerprint density at radius 2 is 1.77 bits per heavy atom. The Hall–Kier alpha value is -3.59. The highest BCUT2D eigenvalue weighted by Gasteiger charge is 2.73. The molecule has 2 fully saturated rings. The molecule has 1 saturated heterocycles. The number of esters is 2. The Bertz CT molecular complexity index is 1680. The second kappa shape index (κ2) is 13.5. The van der Waals surface area contributed by atoms with Gasteiger partial charge in [0.15, 0.2) is 11.5 Å². The fourth-order valence-electron chi connectivity index (χ4n) is 8.39. The minimum Gasteiger partial charge on any atom is -0.485 e. The summed E-state index contributed by atoms with van der Waals surface area (Å²) in [5, 5.41) is 3.51. The number of rotatable bonds is 7. The second-order valence-corrected chi connectivity index (χ2v) is 13.6. The third-order valence-corrected chi connectivity index (χ3v) is 10.9. The van der Waals surface area contributed by atoms with E-state index < -0.39 is 11.0 Å². The van der Waals surface area contributed by atoms with Crippen LogP contribution in [0, 0.1) is 0 Å². The molecule has 2 aliphatic carbocycles. The van der Waals surface area contributed by atoms with E-state index in [4.69, 9.17) is 37.4 Å². The number of benzene rings is 3. The van der Waals surface area contributed by atoms with Crippen LogP contribution in [0.5, 0.6) is 11.5 Å². The molecular formula is C37H40Cl2N2O6. The number of ether oxygens (including phenoxy) is 3. The molecule has 8 nitrogen and oxygen atoms in total. The van der Waals surface area contributed by atoms with Gasteiger partial charge >= 0.3 is 11.9 Å². The standard InChI is InChI=1S/C28H31NO5.C9H9Cl2NO/c1-18(30)32-22-11-10-21-17-23-28(34-19(2)31)13-6-9-24-27(28,25(21)26(22)33-24)14-16-29(23)15-12-20-7-4-3-5-8-20;1-12-9(13)5-6-2-3-7(10)8(11)4-6/h3-5,7-8,10-11,23-24H,6,9,12-17H2,1-2H3;2-4H,5H2,1H3,(H,12,13)/t23-,24+,27-,28-;/m1./s1. The van der Waals surface area contributed by atoms with E-state index in [1.165, 1.54) is 25.0 Å². The van der Waals surface area contributed by atoms with Crippen molar-refractivity contribution in [3.8, 4) is 11.5 Å². The Labute approximate surface area is 285 Å². The predicted octanol–water partition coefficient (Wildman–Crippen LogP) is 6.25. The van der Waals surface area contributed by atoms with Crippen LogP contribution in [0.4, 0.5) is 0 Å². The van der Waals surface area contributed by atoms with Crippen molar-refractivity contribution in [2.24, 2.45) is 0 Å². The number of nitrogens with one attached hydrogen (secondary N) is 1. The lowest BCUT2D eigenvalue weighted by Crippen LogP contribution is -2.76. The van der Waals surface area contributed by atoms with E-state index in [-0.39, 0.29) is 30.0 Å². The van der Waals surface area contributed by atoms with E-state index in [0.717, 1.165) is 62.7 Å². The summed E-state index contributed by atoms with van der Waals surface area (Å²) in [4.78, 5) is 37.9. The lowest BCUT2D eigenvalue weighted by molar-refractivity contribution is -0.215. The number of piperidine rings is 1. The molecule has 0 radical (unpaired) electrons. The molecule has 248 valence electrons. The molecule has 10 heteroatoms. The number of hydrogen-bond donors (Lipinski definition) is 1. The lowest BCUT2D eigenvalue weighted by atomic mass is 9.49. The van der Waals surface area contributed by atoms with Gasteiger partial charge in [0.1, 0.15) is 11.7 Å². The van der Waals surface area contributed by atoms with Crippen LogP contribution in [-0.2, 0) is 43.8 Å². The smallest absolute Gasteiger partial charge is 0.308 e. The third-order valence-electron chi connectivity index (χ3n) is 10.2. The fraction of sp³-hybridized carbons (Fsp3) is 0.432. The number of likely N-dealkylation sites (N-methyl/N-ethyl adjacent to an activating group) is 1. The van der Waals surface area contributed by atoms with Crippen LogP contribution < -0.4 is 14.8 Å². The monoisotopic (exact) mass is 678 g/mol. The fourth-order valence-corrected chi connectivity index (χ4v) is 8.71. The van der Waals surface area contributed by atoms with Crippen molar-refractivity contribution >= 4 is 41.0 Å².